The van der Waals surface area contributed by atoms with Gasteiger partial charge in [-0.2, -0.15) is 0 Å². The van der Waals surface area contributed by atoms with Crippen LogP contribution in [0.2, 0.25) is 5.02 Å². The minimum atomic E-state index is -1.60. The highest BCUT2D eigenvalue weighted by atomic mass is 35.5. The Hall–Kier alpha value is -3.03. The molecule has 1 aromatic heterocycles. The molecule has 1 atom stereocenters. The summed E-state index contributed by atoms with van der Waals surface area (Å²) in [5, 5.41) is 0.397. The molecule has 2 aromatic carbocycles. The van der Waals surface area contributed by atoms with Crippen molar-refractivity contribution in [3.8, 4) is 0 Å². The van der Waals surface area contributed by atoms with E-state index in [1.807, 2.05) is 0 Å². The summed E-state index contributed by atoms with van der Waals surface area (Å²) in [6.45, 7) is 0. The molecule has 0 fully saturated rings. The predicted octanol–water partition coefficient (Wildman–Crippen LogP) is 4.21. The molecule has 1 heterocycles. The topological polar surface area (TPSA) is 85.4 Å². The van der Waals surface area contributed by atoms with E-state index >= 15 is 0 Å². The number of nitrogens with one attached hydrogen (secondary N) is 1. The molecule has 3 aromatic rings. The van der Waals surface area contributed by atoms with E-state index in [2.05, 4.69) is 14.4 Å². The zero-order chi connectivity index (χ0) is 21.5. The zero-order valence-corrected chi connectivity index (χ0v) is 17.7. The average molecular weight is 443 g/mol. The third-order valence-corrected chi connectivity index (χ3v) is 5.68. The van der Waals surface area contributed by atoms with Crippen LogP contribution >= 0.6 is 11.6 Å². The van der Waals surface area contributed by atoms with Crippen molar-refractivity contribution in [2.24, 2.45) is 0 Å². The molecule has 3 rings (SSSR count). The third-order valence-electron chi connectivity index (χ3n) is 4.34. The molecule has 0 aliphatic rings. The van der Waals surface area contributed by atoms with Crippen LogP contribution in [0.15, 0.2) is 71.9 Å². The maximum absolute atomic E-state index is 12.9. The third kappa shape index (κ3) is 5.52. The minimum Gasteiger partial charge on any atom is -0.469 e. The van der Waals surface area contributed by atoms with Crippen molar-refractivity contribution in [2.75, 3.05) is 11.8 Å². The summed E-state index contributed by atoms with van der Waals surface area (Å²) in [5.74, 6) is -0.555. The summed E-state index contributed by atoms with van der Waals surface area (Å²) < 4.78 is 20.3. The van der Waals surface area contributed by atoms with Gasteiger partial charge >= 0.3 is 5.97 Å². The number of halogens is 1. The highest BCUT2D eigenvalue weighted by molar-refractivity contribution is 7.86. The fraction of sp³-hybridized carbons (Fsp3) is 0.136. The van der Waals surface area contributed by atoms with Gasteiger partial charge in [0.05, 0.1) is 17.7 Å². The summed E-state index contributed by atoms with van der Waals surface area (Å²) in [4.78, 5) is 28.6. The summed E-state index contributed by atoms with van der Waals surface area (Å²) >= 11 is 6.08. The van der Waals surface area contributed by atoms with Crippen LogP contribution in [0.25, 0.3) is 0 Å². The number of esters is 1. The number of aromatic nitrogens is 1. The van der Waals surface area contributed by atoms with Crippen molar-refractivity contribution in [1.29, 1.82) is 0 Å². The number of hydrogen-bond donors (Lipinski definition) is 1. The van der Waals surface area contributed by atoms with Crippen LogP contribution in [0.4, 0.5) is 5.69 Å². The molecule has 30 heavy (non-hydrogen) atoms. The summed E-state index contributed by atoms with van der Waals surface area (Å²) in [7, 11) is -0.248. The number of ether oxygens (including phenoxy) is 1. The number of aryl methyl sites for hydroxylation is 1. The van der Waals surface area contributed by atoms with E-state index in [0.29, 0.717) is 33.2 Å². The molecule has 8 heteroatoms. The first-order valence-electron chi connectivity index (χ1n) is 9.06. The van der Waals surface area contributed by atoms with Gasteiger partial charge in [0.15, 0.2) is 5.78 Å². The van der Waals surface area contributed by atoms with Crippen LogP contribution in [0.1, 0.15) is 27.9 Å². The van der Waals surface area contributed by atoms with Crippen molar-refractivity contribution >= 4 is 40.0 Å². The van der Waals surface area contributed by atoms with Gasteiger partial charge in [-0.1, -0.05) is 23.7 Å². The summed E-state index contributed by atoms with van der Waals surface area (Å²) in [5.41, 5.74) is 2.04. The molecule has 0 radical (unpaired) electrons. The Morgan fingerprint density at radius 3 is 2.57 bits per heavy atom. The first kappa shape index (κ1) is 21.7. The van der Waals surface area contributed by atoms with Gasteiger partial charge < -0.3 is 9.46 Å². The highest BCUT2D eigenvalue weighted by Crippen LogP contribution is 2.25. The lowest BCUT2D eigenvalue weighted by atomic mass is 10.0. The second-order valence-corrected chi connectivity index (χ2v) is 8.00. The van der Waals surface area contributed by atoms with E-state index in [1.165, 1.54) is 19.4 Å². The Bertz CT molecular complexity index is 1070. The van der Waals surface area contributed by atoms with E-state index in [9.17, 15) is 13.8 Å². The molecule has 0 bridgehead atoms. The van der Waals surface area contributed by atoms with Crippen LogP contribution in [0.5, 0.6) is 0 Å². The number of carbonyl (C=O) groups is 2. The molecule has 1 unspecified atom stereocenters. The Kier molecular flexibility index (Phi) is 7.32. The number of anilines is 1. The standard InChI is InChI=1S/C22H19ClN2O4S/c1-29-21(26)11-6-15-4-8-18(9-5-15)30(28)25-20-10-7-17(23)13-19(20)22(27)16-3-2-12-24-14-16/h2-5,7-10,12-14,25H,6,11H2,1H3. The van der Waals surface area contributed by atoms with Gasteiger partial charge in [0.25, 0.3) is 0 Å². The Morgan fingerprint density at radius 2 is 1.90 bits per heavy atom. The predicted molar refractivity (Wildman–Crippen MR) is 116 cm³/mol. The van der Waals surface area contributed by atoms with Crippen molar-refractivity contribution in [3.63, 3.8) is 0 Å². The van der Waals surface area contributed by atoms with Gasteiger partial charge in [0.2, 0.25) is 0 Å². The first-order valence-corrected chi connectivity index (χ1v) is 10.6. The average Bonchev–Trinajstić information content (AvgIpc) is 2.79. The van der Waals surface area contributed by atoms with Gasteiger partial charge in [-0.3, -0.25) is 14.6 Å². The van der Waals surface area contributed by atoms with Crippen molar-refractivity contribution in [2.45, 2.75) is 17.7 Å². The second kappa shape index (κ2) is 10.1. The van der Waals surface area contributed by atoms with Crippen LogP contribution < -0.4 is 4.72 Å². The number of pyridine rings is 1. The van der Waals surface area contributed by atoms with Crippen molar-refractivity contribution in [1.82, 2.24) is 4.98 Å². The quantitative estimate of drug-likeness (QED) is 0.417. The largest absolute Gasteiger partial charge is 0.469 e. The first-order chi connectivity index (χ1) is 14.5. The lowest BCUT2D eigenvalue weighted by Crippen LogP contribution is -2.11. The molecule has 0 saturated heterocycles. The van der Waals surface area contributed by atoms with Gasteiger partial charge in [-0.25, -0.2) is 4.21 Å². The smallest absolute Gasteiger partial charge is 0.305 e. The van der Waals surface area contributed by atoms with Gasteiger partial charge in [-0.15, -0.1) is 0 Å². The van der Waals surface area contributed by atoms with Crippen molar-refractivity contribution < 1.29 is 18.5 Å². The van der Waals surface area contributed by atoms with Crippen LogP contribution in [-0.4, -0.2) is 28.1 Å². The lowest BCUT2D eigenvalue weighted by molar-refractivity contribution is -0.140. The monoisotopic (exact) mass is 442 g/mol. The number of nitrogens with zero attached hydrogens (tertiary/aromatic N) is 1. The number of rotatable bonds is 8. The van der Waals surface area contributed by atoms with Gasteiger partial charge in [0.1, 0.15) is 11.0 Å². The molecule has 0 spiro atoms. The van der Waals surface area contributed by atoms with Crippen LogP contribution in [-0.2, 0) is 26.9 Å². The fourth-order valence-corrected chi connectivity index (χ4v) is 3.78. The van der Waals surface area contributed by atoms with Crippen molar-refractivity contribution in [3.05, 3.63) is 88.7 Å². The molecule has 154 valence electrons. The van der Waals surface area contributed by atoms with E-state index in [1.54, 1.807) is 54.7 Å². The summed E-state index contributed by atoms with van der Waals surface area (Å²) in [6, 6.07) is 15.2. The maximum atomic E-state index is 12.9. The number of benzene rings is 2. The maximum Gasteiger partial charge on any atom is 0.305 e. The van der Waals surface area contributed by atoms with Gasteiger partial charge in [0, 0.05) is 35.0 Å². The Balaban J connectivity index is 1.77. The minimum absolute atomic E-state index is 0.275. The Morgan fingerprint density at radius 1 is 1.13 bits per heavy atom. The van der Waals surface area contributed by atoms with Crippen LogP contribution in [0.3, 0.4) is 0 Å². The molecule has 1 N–H and O–H groups in total. The molecular formula is C22H19ClN2O4S. The van der Waals surface area contributed by atoms with Crippen LogP contribution in [0, 0.1) is 0 Å². The normalized spacial score (nSPS) is 11.5. The van der Waals surface area contributed by atoms with Gasteiger partial charge in [-0.05, 0) is 54.4 Å². The summed E-state index contributed by atoms with van der Waals surface area (Å²) in [6.07, 6.45) is 3.87. The van der Waals surface area contributed by atoms with E-state index < -0.39 is 11.0 Å². The number of ketones is 1. The molecule has 0 aliphatic carbocycles. The molecule has 0 saturated carbocycles. The van der Waals surface area contributed by atoms with E-state index in [4.69, 9.17) is 11.6 Å². The molecule has 0 amide bonds. The molecule has 6 nitrogen and oxygen atoms in total. The number of carbonyl (C=O) groups excluding carboxylic acids is 2. The number of hydrogen-bond acceptors (Lipinski definition) is 5. The lowest BCUT2D eigenvalue weighted by Gasteiger charge is -2.12. The molecular weight excluding hydrogens is 424 g/mol. The SMILES string of the molecule is COC(=O)CCc1ccc(S(=O)Nc2ccc(Cl)cc2C(=O)c2cccnc2)cc1. The van der Waals surface area contributed by atoms with E-state index in [0.717, 1.165) is 5.56 Å². The molecule has 0 aliphatic heterocycles. The fourth-order valence-electron chi connectivity index (χ4n) is 2.73. The second-order valence-electron chi connectivity index (χ2n) is 6.35. The Labute approximate surface area is 181 Å². The number of methoxy groups -OCH3 is 1. The zero-order valence-electron chi connectivity index (χ0n) is 16.1. The highest BCUT2D eigenvalue weighted by Gasteiger charge is 2.16. The van der Waals surface area contributed by atoms with E-state index in [-0.39, 0.29) is 18.2 Å².